The van der Waals surface area contributed by atoms with Gasteiger partial charge in [0.1, 0.15) is 11.7 Å². The molecule has 0 amide bonds. The van der Waals surface area contributed by atoms with Crippen LogP contribution in [0.25, 0.3) is 0 Å². The summed E-state index contributed by atoms with van der Waals surface area (Å²) >= 11 is 0. The second-order valence-electron chi connectivity index (χ2n) is 5.11. The maximum Gasteiger partial charge on any atom is 0.123 e. The van der Waals surface area contributed by atoms with Crippen LogP contribution < -0.4 is 10.5 Å². The second-order valence-corrected chi connectivity index (χ2v) is 5.11. The van der Waals surface area contributed by atoms with Gasteiger partial charge in [0.15, 0.2) is 0 Å². The third-order valence-corrected chi connectivity index (χ3v) is 3.45. The van der Waals surface area contributed by atoms with Crippen molar-refractivity contribution in [1.29, 1.82) is 0 Å². The molecular weight excluding hydrogens is 238 g/mol. The van der Waals surface area contributed by atoms with Gasteiger partial charge >= 0.3 is 0 Å². The lowest BCUT2D eigenvalue weighted by Gasteiger charge is -2.12. The Morgan fingerprint density at radius 3 is 3.05 bits per heavy atom. The van der Waals surface area contributed by atoms with E-state index in [1.807, 2.05) is 0 Å². The van der Waals surface area contributed by atoms with E-state index in [1.165, 1.54) is 22.8 Å². The summed E-state index contributed by atoms with van der Waals surface area (Å²) < 4.78 is 5.82. The Balaban J connectivity index is 2.17. The largest absolute Gasteiger partial charge is 0.493 e. The predicted molar refractivity (Wildman–Crippen MR) is 76.2 cm³/mol. The van der Waals surface area contributed by atoms with E-state index in [1.54, 1.807) is 5.94 Å². The van der Waals surface area contributed by atoms with Crippen LogP contribution in [-0.2, 0) is 24.1 Å². The molecule has 19 heavy (non-hydrogen) atoms. The smallest absolute Gasteiger partial charge is 0.123 e. The third kappa shape index (κ3) is 3.46. The first-order valence-corrected chi connectivity index (χ1v) is 6.97. The van der Waals surface area contributed by atoms with Gasteiger partial charge in [0, 0.05) is 18.5 Å². The second kappa shape index (κ2) is 6.55. The van der Waals surface area contributed by atoms with Gasteiger partial charge in [0.2, 0.25) is 0 Å². The number of hydrogen-bond donors (Lipinski definition) is 1. The Hall–Kier alpha value is -1.57. The van der Waals surface area contributed by atoms with E-state index in [0.717, 1.165) is 31.4 Å². The quantitative estimate of drug-likeness (QED) is 0.629. The molecule has 0 aliphatic heterocycles. The van der Waals surface area contributed by atoms with Gasteiger partial charge in [0.05, 0.1) is 6.61 Å². The number of aryl methyl sites for hydroxylation is 1. The van der Waals surface area contributed by atoms with Crippen molar-refractivity contribution < 1.29 is 9.53 Å². The number of fused-ring (bicyclic) bond motifs is 1. The van der Waals surface area contributed by atoms with Crippen LogP contribution >= 0.6 is 0 Å². The van der Waals surface area contributed by atoms with Crippen LogP contribution in [-0.4, -0.2) is 18.6 Å². The molecule has 0 bridgehead atoms. The summed E-state index contributed by atoms with van der Waals surface area (Å²) in [4.78, 5) is 10.1. The van der Waals surface area contributed by atoms with Gasteiger partial charge in [-0.3, -0.25) is 0 Å². The number of nitrogens with two attached hydrogens (primary N) is 1. The van der Waals surface area contributed by atoms with E-state index in [-0.39, 0.29) is 6.04 Å². The van der Waals surface area contributed by atoms with Crippen LogP contribution in [0.2, 0.25) is 0 Å². The van der Waals surface area contributed by atoms with Gasteiger partial charge in [-0.1, -0.05) is 19.4 Å². The molecule has 1 aromatic carbocycles. The highest BCUT2D eigenvalue weighted by Gasteiger charge is 2.22. The number of benzene rings is 1. The summed E-state index contributed by atoms with van der Waals surface area (Å²) in [6, 6.07) is 4.61. The van der Waals surface area contributed by atoms with Crippen LogP contribution in [0.3, 0.4) is 0 Å². The van der Waals surface area contributed by atoms with Crippen molar-refractivity contribution in [2.45, 2.75) is 45.1 Å². The first-order chi connectivity index (χ1) is 9.24. The number of rotatable bonds is 6. The van der Waals surface area contributed by atoms with Gasteiger partial charge in [0.25, 0.3) is 0 Å². The maximum atomic E-state index is 10.1. The van der Waals surface area contributed by atoms with Gasteiger partial charge in [-0.05, 0) is 42.0 Å². The lowest BCUT2D eigenvalue weighted by atomic mass is 10.0. The standard InChI is InChI=1S/C16H21NO2/c1-2-5-12-8-13-10-14(17)11-15(13)16(9-12)19-7-4-3-6-18/h3,8-9,14H,2,4-5,7,10-11,17H2,1H3. The van der Waals surface area contributed by atoms with Crippen LogP contribution in [0.5, 0.6) is 5.75 Å². The van der Waals surface area contributed by atoms with E-state index in [2.05, 4.69) is 19.1 Å². The van der Waals surface area contributed by atoms with Crippen molar-refractivity contribution in [3.8, 4) is 5.75 Å². The van der Waals surface area contributed by atoms with Crippen molar-refractivity contribution in [1.82, 2.24) is 0 Å². The Morgan fingerprint density at radius 1 is 1.47 bits per heavy atom. The fourth-order valence-corrected chi connectivity index (χ4v) is 2.65. The molecular formula is C16H21NO2. The average Bonchev–Trinajstić information content (AvgIpc) is 2.75. The minimum absolute atomic E-state index is 0.212. The first-order valence-electron chi connectivity index (χ1n) is 6.97. The third-order valence-electron chi connectivity index (χ3n) is 3.45. The van der Waals surface area contributed by atoms with Crippen LogP contribution in [0.1, 0.15) is 36.5 Å². The highest BCUT2D eigenvalue weighted by Crippen LogP contribution is 2.32. The molecule has 3 nitrogen and oxygen atoms in total. The molecule has 2 N–H and O–H groups in total. The molecule has 0 aromatic heterocycles. The molecule has 102 valence electrons. The first kappa shape index (κ1) is 13.9. The highest BCUT2D eigenvalue weighted by molar-refractivity contribution is 5.48. The predicted octanol–water partition coefficient (Wildman–Crippen LogP) is 2.22. The molecule has 2 rings (SSSR count). The van der Waals surface area contributed by atoms with Gasteiger partial charge in [-0.15, -0.1) is 0 Å². The molecule has 0 spiro atoms. The Morgan fingerprint density at radius 2 is 2.32 bits per heavy atom. The number of ether oxygens (including phenoxy) is 1. The summed E-state index contributed by atoms with van der Waals surface area (Å²) in [6.45, 7) is 2.70. The minimum Gasteiger partial charge on any atom is -0.493 e. The van der Waals surface area contributed by atoms with Crippen LogP contribution in [0.15, 0.2) is 18.2 Å². The lowest BCUT2D eigenvalue weighted by Crippen LogP contribution is -2.19. The summed E-state index contributed by atoms with van der Waals surface area (Å²) in [5.74, 6) is 2.72. The molecule has 0 radical (unpaired) electrons. The van der Waals surface area contributed by atoms with E-state index >= 15 is 0 Å². The van der Waals surface area contributed by atoms with E-state index in [4.69, 9.17) is 10.5 Å². The zero-order valence-corrected chi connectivity index (χ0v) is 11.4. The highest BCUT2D eigenvalue weighted by atomic mass is 16.5. The number of hydrogen-bond acceptors (Lipinski definition) is 3. The van der Waals surface area contributed by atoms with Crippen molar-refractivity contribution in [3.63, 3.8) is 0 Å². The van der Waals surface area contributed by atoms with Gasteiger partial charge < -0.3 is 10.5 Å². The molecule has 1 unspecified atom stereocenters. The minimum atomic E-state index is 0.212. The Kier molecular flexibility index (Phi) is 4.78. The molecule has 3 heteroatoms. The zero-order valence-electron chi connectivity index (χ0n) is 11.4. The maximum absolute atomic E-state index is 10.1. The fraction of sp³-hybridized carbons (Fsp3) is 0.500. The molecule has 1 aliphatic rings. The molecule has 1 aromatic rings. The lowest BCUT2D eigenvalue weighted by molar-refractivity contribution is 0.321. The monoisotopic (exact) mass is 259 g/mol. The zero-order chi connectivity index (χ0) is 13.7. The van der Waals surface area contributed by atoms with Gasteiger partial charge in [-0.25, -0.2) is 4.79 Å². The normalized spacial score (nSPS) is 16.8. The Labute approximate surface area is 114 Å². The summed E-state index contributed by atoms with van der Waals surface area (Å²) in [6.07, 6.45) is 6.08. The molecule has 0 heterocycles. The van der Waals surface area contributed by atoms with Crippen molar-refractivity contribution in [2.24, 2.45) is 5.73 Å². The molecule has 0 saturated carbocycles. The van der Waals surface area contributed by atoms with Crippen LogP contribution in [0, 0.1) is 0 Å². The molecule has 1 aliphatic carbocycles. The van der Waals surface area contributed by atoms with Crippen molar-refractivity contribution >= 4 is 5.94 Å². The van der Waals surface area contributed by atoms with E-state index < -0.39 is 0 Å². The molecule has 0 fully saturated rings. The van der Waals surface area contributed by atoms with Crippen molar-refractivity contribution in [2.75, 3.05) is 6.61 Å². The van der Waals surface area contributed by atoms with E-state index in [0.29, 0.717) is 13.0 Å². The summed E-state index contributed by atoms with van der Waals surface area (Å²) in [5, 5.41) is 0. The summed E-state index contributed by atoms with van der Waals surface area (Å²) in [7, 11) is 0. The molecule has 1 atom stereocenters. The Bertz CT molecular complexity index is 490. The SMILES string of the molecule is CCCc1cc2c(c(OCCC=C=O)c1)CC(N)C2. The number of carbonyl (C=O) groups excluding carboxylic acids is 1. The van der Waals surface area contributed by atoms with E-state index in [9.17, 15) is 4.79 Å². The van der Waals surface area contributed by atoms with Crippen molar-refractivity contribution in [3.05, 3.63) is 34.9 Å². The topological polar surface area (TPSA) is 52.3 Å². The van der Waals surface area contributed by atoms with Crippen LogP contribution in [0.4, 0.5) is 0 Å². The average molecular weight is 259 g/mol. The summed E-state index contributed by atoms with van der Waals surface area (Å²) in [5.41, 5.74) is 9.94. The fourth-order valence-electron chi connectivity index (χ4n) is 2.65. The molecule has 0 saturated heterocycles. The van der Waals surface area contributed by atoms with Gasteiger partial charge in [-0.2, -0.15) is 0 Å².